The van der Waals surface area contributed by atoms with Crippen molar-refractivity contribution >= 4 is 23.2 Å². The topological polar surface area (TPSA) is 197 Å². The number of nitrogens with zero attached hydrogens (tertiary/aromatic N) is 1. The molecule has 1 aliphatic heterocycles. The van der Waals surface area contributed by atoms with Crippen molar-refractivity contribution in [3.05, 3.63) is 39.7 Å². The molecular weight excluding hydrogens is 506 g/mol. The Balaban J connectivity index is 1.71. The maximum atomic E-state index is 13.8. The summed E-state index contributed by atoms with van der Waals surface area (Å²) in [5, 5.41) is 44.9. The number of carbonyl (C=O) groups is 3. The Hall–Kier alpha value is -3.41. The van der Waals surface area contributed by atoms with Gasteiger partial charge in [-0.2, -0.15) is 0 Å². The van der Waals surface area contributed by atoms with Crippen molar-refractivity contribution in [1.82, 2.24) is 4.90 Å². The Morgan fingerprint density at radius 1 is 1.26 bits per heavy atom. The largest absolute Gasteiger partial charge is 0.508 e. The summed E-state index contributed by atoms with van der Waals surface area (Å²) in [6.45, 7) is 7.54. The van der Waals surface area contributed by atoms with Gasteiger partial charge in [-0.15, -0.1) is 0 Å². The maximum absolute atomic E-state index is 13.8. The zero-order valence-corrected chi connectivity index (χ0v) is 22.2. The van der Waals surface area contributed by atoms with Crippen LogP contribution in [0.25, 0.3) is 5.76 Å². The molecule has 3 aliphatic carbocycles. The molecule has 1 aromatic rings. The number of carbonyl (C=O) groups excluding carboxylic acids is 3. The lowest BCUT2D eigenvalue weighted by Gasteiger charge is -2.48. The Morgan fingerprint density at radius 3 is 2.56 bits per heavy atom. The summed E-state index contributed by atoms with van der Waals surface area (Å²) in [5.74, 6) is -6.75. The number of aromatic hydroxyl groups is 1. The fourth-order valence-electron chi connectivity index (χ4n) is 6.97. The van der Waals surface area contributed by atoms with Gasteiger partial charge in [0.1, 0.15) is 28.6 Å². The Bertz CT molecular complexity index is 1350. The number of rotatable bonds is 5. The number of hydrogen-bond donors (Lipinski definition) is 6. The van der Waals surface area contributed by atoms with Crippen LogP contribution in [-0.2, 0) is 20.8 Å². The third-order valence-corrected chi connectivity index (χ3v) is 8.71. The molecule has 5 rings (SSSR count). The predicted octanol–water partition coefficient (Wildman–Crippen LogP) is 1.31. The number of benzene rings is 1. The minimum Gasteiger partial charge on any atom is -0.508 e. The van der Waals surface area contributed by atoms with E-state index in [1.54, 1.807) is 6.07 Å². The van der Waals surface area contributed by atoms with Crippen molar-refractivity contribution in [2.45, 2.75) is 70.2 Å². The van der Waals surface area contributed by atoms with Crippen LogP contribution in [-0.4, -0.2) is 73.6 Å². The molecule has 2 fully saturated rings. The summed E-state index contributed by atoms with van der Waals surface area (Å²) in [6, 6.07) is 0.0870. The van der Waals surface area contributed by atoms with Gasteiger partial charge in [-0.3, -0.25) is 19.3 Å². The summed E-state index contributed by atoms with van der Waals surface area (Å²) in [4.78, 5) is 40.8. The number of ether oxygens (including phenoxy) is 1. The molecule has 5 atom stereocenters. The van der Waals surface area contributed by atoms with Crippen LogP contribution in [0.3, 0.4) is 0 Å². The van der Waals surface area contributed by atoms with Crippen molar-refractivity contribution in [2.24, 2.45) is 23.3 Å². The molecule has 0 radical (unpaired) electrons. The van der Waals surface area contributed by atoms with Crippen LogP contribution in [0.15, 0.2) is 23.0 Å². The number of aliphatic hydroxyl groups excluding tert-OH is 2. The quantitative estimate of drug-likeness (QED) is 0.296. The molecule has 1 aromatic carbocycles. The molecule has 1 saturated heterocycles. The smallest absolute Gasteiger partial charge is 0.255 e. The summed E-state index contributed by atoms with van der Waals surface area (Å²) >= 11 is 0. The van der Waals surface area contributed by atoms with E-state index in [0.29, 0.717) is 11.3 Å². The number of hydrogen-bond acceptors (Lipinski definition) is 10. The Labute approximate surface area is 225 Å². The van der Waals surface area contributed by atoms with Crippen molar-refractivity contribution in [2.75, 3.05) is 13.1 Å². The maximum Gasteiger partial charge on any atom is 0.255 e. The first-order chi connectivity index (χ1) is 18.3. The van der Waals surface area contributed by atoms with Crippen LogP contribution in [0, 0.1) is 11.8 Å². The molecule has 8 N–H and O–H groups in total. The number of ketones is 2. The van der Waals surface area contributed by atoms with Crippen molar-refractivity contribution in [3.63, 3.8) is 0 Å². The van der Waals surface area contributed by atoms with E-state index in [1.165, 1.54) is 0 Å². The van der Waals surface area contributed by atoms with Crippen LogP contribution in [0.2, 0.25) is 0 Å². The fourth-order valence-corrected chi connectivity index (χ4v) is 6.97. The van der Waals surface area contributed by atoms with Gasteiger partial charge in [0.05, 0.1) is 17.7 Å². The number of amides is 1. The second-order valence-corrected chi connectivity index (χ2v) is 11.2. The van der Waals surface area contributed by atoms with Gasteiger partial charge in [-0.25, -0.2) is 0 Å². The first-order valence-electron chi connectivity index (χ1n) is 13.4. The van der Waals surface area contributed by atoms with Gasteiger partial charge in [0, 0.05) is 28.7 Å². The van der Waals surface area contributed by atoms with Crippen molar-refractivity contribution in [1.29, 1.82) is 0 Å². The molecule has 1 heterocycles. The monoisotopic (exact) mass is 541 g/mol. The molecule has 4 aliphatic rings. The van der Waals surface area contributed by atoms with E-state index in [1.807, 2.05) is 13.8 Å². The number of aliphatic hydroxyl groups is 3. The summed E-state index contributed by atoms with van der Waals surface area (Å²) < 4.78 is 6.30. The average molecular weight is 542 g/mol. The second-order valence-electron chi connectivity index (χ2n) is 11.2. The molecule has 1 amide bonds. The van der Waals surface area contributed by atoms with Crippen LogP contribution in [0.1, 0.15) is 62.8 Å². The van der Waals surface area contributed by atoms with E-state index in [9.17, 15) is 34.8 Å². The molecule has 210 valence electrons. The van der Waals surface area contributed by atoms with Crippen LogP contribution in [0.5, 0.6) is 11.5 Å². The highest BCUT2D eigenvalue weighted by Crippen LogP contribution is 2.54. The molecular formula is C28H35N3O8. The zero-order chi connectivity index (χ0) is 28.5. The number of primary amides is 1. The van der Waals surface area contributed by atoms with E-state index in [4.69, 9.17) is 16.2 Å². The third kappa shape index (κ3) is 3.78. The van der Waals surface area contributed by atoms with E-state index in [-0.39, 0.29) is 41.9 Å². The summed E-state index contributed by atoms with van der Waals surface area (Å²) in [6.07, 6.45) is 1.73. The molecule has 11 nitrogen and oxygen atoms in total. The molecule has 11 heteroatoms. The highest BCUT2D eigenvalue weighted by Gasteiger charge is 2.63. The van der Waals surface area contributed by atoms with Crippen LogP contribution >= 0.6 is 0 Å². The third-order valence-electron chi connectivity index (χ3n) is 8.71. The lowest BCUT2D eigenvalue weighted by atomic mass is 9.58. The fraction of sp³-hybridized carbons (Fsp3) is 0.536. The number of Topliss-reactive ketones (excluding diaryl/α,β-unsaturated/α-hetero) is 2. The number of phenolic OH excluding ortho intramolecular Hbond substituents is 1. The predicted molar refractivity (Wildman–Crippen MR) is 140 cm³/mol. The van der Waals surface area contributed by atoms with Crippen molar-refractivity contribution in [3.8, 4) is 11.5 Å². The molecule has 1 saturated carbocycles. The molecule has 39 heavy (non-hydrogen) atoms. The lowest BCUT2D eigenvalue weighted by Crippen LogP contribution is -2.65. The molecule has 0 unspecified atom stereocenters. The first-order valence-corrected chi connectivity index (χ1v) is 13.4. The van der Waals surface area contributed by atoms with E-state index in [0.717, 1.165) is 31.5 Å². The number of fused-ring (bicyclic) bond motifs is 3. The van der Waals surface area contributed by atoms with Gasteiger partial charge in [-0.05, 0) is 64.6 Å². The number of likely N-dealkylation sites (tertiary alicyclic amines) is 1. The highest BCUT2D eigenvalue weighted by molar-refractivity contribution is 6.24. The standard InChI is InChI=1S/C28H35N3O8/c1-4-31-7-5-6-16(31)13-10-17(32)19-14(24(13)39-11(2)3)8-12-9-15-21(29)23(34)20(27(30)37)26(36)28(15,38)25(35)18(12)22(19)33/h10-12,15-16,21,32-33,36,38H,4-9,29H2,1-3H3,(H2,30,37)/t12-,15-,16-,21-,28-/m0/s1. The SMILES string of the molecule is CCN1CCC[C@H]1c1cc(O)c2c(c1OC(C)C)C[C@H]1C[C@H]3[C@H](N)C(=O)C(C(N)=O)=C(O)[C@@]3(O)C(=O)C1=C2O. The molecule has 0 bridgehead atoms. The average Bonchev–Trinajstić information content (AvgIpc) is 3.34. The number of phenols is 1. The Morgan fingerprint density at radius 2 is 1.95 bits per heavy atom. The van der Waals surface area contributed by atoms with Gasteiger partial charge in [0.25, 0.3) is 5.91 Å². The van der Waals surface area contributed by atoms with E-state index < -0.39 is 58.0 Å². The second kappa shape index (κ2) is 9.35. The highest BCUT2D eigenvalue weighted by atomic mass is 16.5. The lowest BCUT2D eigenvalue weighted by molar-refractivity contribution is -0.149. The molecule has 0 spiro atoms. The minimum atomic E-state index is -2.73. The first kappa shape index (κ1) is 27.2. The van der Waals surface area contributed by atoms with Crippen LogP contribution < -0.4 is 16.2 Å². The van der Waals surface area contributed by atoms with Gasteiger partial charge in [-0.1, -0.05) is 6.92 Å². The van der Waals surface area contributed by atoms with Gasteiger partial charge in [0.15, 0.2) is 11.4 Å². The zero-order valence-electron chi connectivity index (χ0n) is 22.2. The van der Waals surface area contributed by atoms with Gasteiger partial charge < -0.3 is 36.6 Å². The normalized spacial score (nSPS) is 30.9. The molecule has 0 aromatic heterocycles. The van der Waals surface area contributed by atoms with E-state index in [2.05, 4.69) is 11.8 Å². The van der Waals surface area contributed by atoms with Gasteiger partial charge >= 0.3 is 0 Å². The van der Waals surface area contributed by atoms with Crippen molar-refractivity contribution < 1.29 is 39.5 Å². The van der Waals surface area contributed by atoms with Gasteiger partial charge in [0.2, 0.25) is 5.78 Å². The summed E-state index contributed by atoms with van der Waals surface area (Å²) in [5.41, 5.74) is 8.84. The van der Waals surface area contributed by atoms with Crippen LogP contribution in [0.4, 0.5) is 0 Å². The Kier molecular flexibility index (Phi) is 6.52. The minimum absolute atomic E-state index is 0.00393. The summed E-state index contributed by atoms with van der Waals surface area (Å²) in [7, 11) is 0. The number of nitrogens with two attached hydrogens (primary N) is 2. The van der Waals surface area contributed by atoms with E-state index >= 15 is 0 Å².